The molecule has 0 saturated heterocycles. The van der Waals surface area contributed by atoms with Crippen LogP contribution >= 0.6 is 0 Å². The molecule has 154 valence electrons. The quantitative estimate of drug-likeness (QED) is 0.656. The van der Waals surface area contributed by atoms with Crippen molar-refractivity contribution in [3.63, 3.8) is 0 Å². The molecule has 5 nitrogen and oxygen atoms in total. The lowest BCUT2D eigenvalue weighted by atomic mass is 10.0. The number of nitrogens with one attached hydrogen (secondary N) is 1. The van der Waals surface area contributed by atoms with Gasteiger partial charge in [0.15, 0.2) is 11.5 Å². The first-order valence-electron chi connectivity index (χ1n) is 10.1. The highest BCUT2D eigenvalue weighted by Crippen LogP contribution is 2.32. The van der Waals surface area contributed by atoms with Gasteiger partial charge in [-0.3, -0.25) is 9.69 Å². The van der Waals surface area contributed by atoms with Gasteiger partial charge in [0.2, 0.25) is 5.91 Å². The summed E-state index contributed by atoms with van der Waals surface area (Å²) >= 11 is 0. The Kier molecular flexibility index (Phi) is 6.00. The number of benzene rings is 3. The van der Waals surface area contributed by atoms with Crippen molar-refractivity contribution >= 4 is 11.6 Å². The van der Waals surface area contributed by atoms with Crippen LogP contribution in [0.2, 0.25) is 0 Å². The molecule has 4 rings (SSSR count). The Bertz CT molecular complexity index is 1000. The molecule has 3 aromatic rings. The van der Waals surface area contributed by atoms with Crippen LogP contribution in [0.1, 0.15) is 22.7 Å². The van der Waals surface area contributed by atoms with Crippen LogP contribution in [0.3, 0.4) is 0 Å². The molecule has 0 bridgehead atoms. The molecule has 1 aliphatic rings. The zero-order valence-corrected chi connectivity index (χ0v) is 17.3. The number of aryl methyl sites for hydroxylation is 1. The van der Waals surface area contributed by atoms with Crippen molar-refractivity contribution < 1.29 is 14.3 Å². The molecule has 0 aromatic heterocycles. The van der Waals surface area contributed by atoms with Crippen molar-refractivity contribution in [1.82, 2.24) is 4.90 Å². The van der Waals surface area contributed by atoms with Gasteiger partial charge in [-0.1, -0.05) is 54.1 Å². The number of rotatable bonds is 6. The van der Waals surface area contributed by atoms with Crippen LogP contribution < -0.4 is 14.8 Å². The van der Waals surface area contributed by atoms with E-state index in [2.05, 4.69) is 5.32 Å². The van der Waals surface area contributed by atoms with Crippen molar-refractivity contribution in [3.8, 4) is 11.5 Å². The van der Waals surface area contributed by atoms with Crippen molar-refractivity contribution in [2.24, 2.45) is 0 Å². The minimum atomic E-state index is -0.430. The Balaban J connectivity index is 1.56. The van der Waals surface area contributed by atoms with E-state index >= 15 is 0 Å². The highest BCUT2D eigenvalue weighted by atomic mass is 16.6. The number of fused-ring (bicyclic) bond motifs is 1. The number of likely N-dealkylation sites (N-methyl/N-ethyl adjacent to an activating group) is 1. The van der Waals surface area contributed by atoms with Gasteiger partial charge in [-0.25, -0.2) is 0 Å². The third kappa shape index (κ3) is 4.63. The van der Waals surface area contributed by atoms with E-state index in [1.54, 1.807) is 0 Å². The third-order valence-corrected chi connectivity index (χ3v) is 5.16. The molecule has 3 aromatic carbocycles. The second kappa shape index (κ2) is 9.01. The van der Waals surface area contributed by atoms with Gasteiger partial charge in [-0.2, -0.15) is 0 Å². The number of amides is 1. The number of nitrogens with zero attached hydrogens (tertiary/aromatic N) is 1. The largest absolute Gasteiger partial charge is 0.486 e. The van der Waals surface area contributed by atoms with E-state index in [0.717, 1.165) is 33.9 Å². The Morgan fingerprint density at radius 2 is 1.67 bits per heavy atom. The van der Waals surface area contributed by atoms with Crippen LogP contribution in [0.4, 0.5) is 5.69 Å². The topological polar surface area (TPSA) is 50.8 Å². The third-order valence-electron chi connectivity index (χ3n) is 5.16. The highest BCUT2D eigenvalue weighted by Gasteiger charge is 2.26. The summed E-state index contributed by atoms with van der Waals surface area (Å²) in [6.45, 7) is 3.75. The summed E-state index contributed by atoms with van der Waals surface area (Å²) in [5, 5.41) is 3.06. The number of carbonyl (C=O) groups is 1. The van der Waals surface area contributed by atoms with Crippen LogP contribution in [-0.2, 0) is 11.3 Å². The summed E-state index contributed by atoms with van der Waals surface area (Å²) in [5.41, 5.74) is 3.95. The second-order valence-corrected chi connectivity index (χ2v) is 7.56. The summed E-state index contributed by atoms with van der Waals surface area (Å²) in [4.78, 5) is 15.3. The molecular weight excluding hydrogens is 376 g/mol. The Labute approximate surface area is 177 Å². The summed E-state index contributed by atoms with van der Waals surface area (Å²) in [6.07, 6.45) is 0. The zero-order chi connectivity index (χ0) is 20.9. The lowest BCUT2D eigenvalue weighted by Gasteiger charge is -2.28. The molecule has 1 heterocycles. The molecule has 0 saturated carbocycles. The molecule has 1 atom stereocenters. The summed E-state index contributed by atoms with van der Waals surface area (Å²) < 4.78 is 11.3. The van der Waals surface area contributed by atoms with Crippen molar-refractivity contribution in [2.75, 3.05) is 25.6 Å². The Morgan fingerprint density at radius 1 is 0.967 bits per heavy atom. The van der Waals surface area contributed by atoms with Crippen molar-refractivity contribution in [1.29, 1.82) is 0 Å². The van der Waals surface area contributed by atoms with E-state index < -0.39 is 6.04 Å². The maximum absolute atomic E-state index is 13.3. The average Bonchev–Trinajstić information content (AvgIpc) is 2.76. The van der Waals surface area contributed by atoms with E-state index in [4.69, 9.17) is 9.47 Å². The molecule has 1 N–H and O–H groups in total. The van der Waals surface area contributed by atoms with Crippen LogP contribution in [0.5, 0.6) is 11.5 Å². The smallest absolute Gasteiger partial charge is 0.246 e. The maximum Gasteiger partial charge on any atom is 0.246 e. The fourth-order valence-corrected chi connectivity index (χ4v) is 3.65. The second-order valence-electron chi connectivity index (χ2n) is 7.56. The van der Waals surface area contributed by atoms with Gasteiger partial charge >= 0.3 is 0 Å². The van der Waals surface area contributed by atoms with Crippen LogP contribution in [0.25, 0.3) is 0 Å². The zero-order valence-electron chi connectivity index (χ0n) is 17.3. The normalized spacial score (nSPS) is 13.7. The van der Waals surface area contributed by atoms with E-state index in [-0.39, 0.29) is 5.91 Å². The Morgan fingerprint density at radius 3 is 2.40 bits per heavy atom. The van der Waals surface area contributed by atoms with Crippen molar-refractivity contribution in [2.45, 2.75) is 19.5 Å². The van der Waals surface area contributed by atoms with E-state index in [1.165, 1.54) is 0 Å². The average molecular weight is 402 g/mol. The Hall–Kier alpha value is -3.31. The molecule has 5 heteroatoms. The summed E-state index contributed by atoms with van der Waals surface area (Å²) in [5.74, 6) is 1.46. The first kappa shape index (κ1) is 20.0. The first-order chi connectivity index (χ1) is 14.6. The maximum atomic E-state index is 13.3. The molecule has 0 fully saturated rings. The number of carbonyl (C=O) groups excluding carboxylic acids is 1. The number of hydrogen-bond acceptors (Lipinski definition) is 4. The summed E-state index contributed by atoms with van der Waals surface area (Å²) in [7, 11) is 1.96. The fourth-order valence-electron chi connectivity index (χ4n) is 3.65. The number of hydrogen-bond donors (Lipinski definition) is 1. The molecule has 1 aliphatic heterocycles. The molecule has 0 spiro atoms. The predicted molar refractivity (Wildman–Crippen MR) is 118 cm³/mol. The number of ether oxygens (including phenoxy) is 2. The molecule has 30 heavy (non-hydrogen) atoms. The lowest BCUT2D eigenvalue weighted by Crippen LogP contribution is -2.34. The molecule has 1 unspecified atom stereocenters. The van der Waals surface area contributed by atoms with Crippen molar-refractivity contribution in [3.05, 3.63) is 89.5 Å². The van der Waals surface area contributed by atoms with Gasteiger partial charge in [0.1, 0.15) is 19.3 Å². The van der Waals surface area contributed by atoms with Gasteiger partial charge in [-0.15, -0.1) is 0 Å². The van der Waals surface area contributed by atoms with Gasteiger partial charge in [0.25, 0.3) is 0 Å². The standard InChI is InChI=1S/C25H26N2O3/c1-18-8-11-21(12-9-18)26-25(28)24(20-6-4-3-5-7-20)27(2)17-19-10-13-22-23(16-19)30-15-14-29-22/h3-13,16,24H,14-15,17H2,1-2H3,(H,26,28). The van der Waals surface area contributed by atoms with Gasteiger partial charge < -0.3 is 14.8 Å². The summed E-state index contributed by atoms with van der Waals surface area (Å²) in [6, 6.07) is 23.2. The van der Waals surface area contributed by atoms with Crippen LogP contribution in [-0.4, -0.2) is 31.1 Å². The van der Waals surface area contributed by atoms with Crippen LogP contribution in [0.15, 0.2) is 72.8 Å². The molecule has 0 radical (unpaired) electrons. The molecular formula is C25H26N2O3. The minimum absolute atomic E-state index is 0.0647. The molecule has 1 amide bonds. The predicted octanol–water partition coefficient (Wildman–Crippen LogP) is 4.58. The van der Waals surface area contributed by atoms with Gasteiger partial charge in [0, 0.05) is 12.2 Å². The first-order valence-corrected chi connectivity index (χ1v) is 10.1. The van der Waals surface area contributed by atoms with Crippen LogP contribution in [0, 0.1) is 6.92 Å². The fraction of sp³-hybridized carbons (Fsp3) is 0.240. The highest BCUT2D eigenvalue weighted by molar-refractivity contribution is 5.95. The van der Waals surface area contributed by atoms with E-state index in [9.17, 15) is 4.79 Å². The monoisotopic (exact) mass is 402 g/mol. The lowest BCUT2D eigenvalue weighted by molar-refractivity contribution is -0.121. The van der Waals surface area contributed by atoms with Gasteiger partial charge in [-0.05, 0) is 49.4 Å². The van der Waals surface area contributed by atoms with Gasteiger partial charge in [0.05, 0.1) is 0 Å². The SMILES string of the molecule is Cc1ccc(NC(=O)C(c2ccccc2)N(C)Cc2ccc3c(c2)OCCO3)cc1. The number of anilines is 1. The van der Waals surface area contributed by atoms with E-state index in [0.29, 0.717) is 19.8 Å². The molecule has 0 aliphatic carbocycles. The van der Waals surface area contributed by atoms with E-state index in [1.807, 2.05) is 91.7 Å². The minimum Gasteiger partial charge on any atom is -0.486 e.